The minimum atomic E-state index is 0.0246. The van der Waals surface area contributed by atoms with Crippen LogP contribution in [0.15, 0.2) is 24.3 Å². The number of benzene rings is 1. The number of nitrogens with one attached hydrogen (secondary N) is 1. The van der Waals surface area contributed by atoms with Crippen LogP contribution >= 0.6 is 12.2 Å². The number of hydrogen-bond acceptors (Lipinski definition) is 4. The number of carbonyl (C=O) groups excluding carboxylic acids is 1. The van der Waals surface area contributed by atoms with Crippen molar-refractivity contribution in [3.8, 4) is 5.75 Å². The average Bonchev–Trinajstić information content (AvgIpc) is 2.50. The molecule has 21 heavy (non-hydrogen) atoms. The monoisotopic (exact) mass is 309 g/mol. The number of rotatable bonds is 9. The summed E-state index contributed by atoms with van der Waals surface area (Å²) in [4.78, 5) is 13.7. The lowest BCUT2D eigenvalue weighted by Crippen LogP contribution is -2.36. The highest BCUT2D eigenvalue weighted by atomic mass is 32.1. The van der Waals surface area contributed by atoms with E-state index < -0.39 is 0 Å². The predicted molar refractivity (Wildman–Crippen MR) is 88.6 cm³/mol. The third-order valence-corrected chi connectivity index (χ3v) is 3.34. The van der Waals surface area contributed by atoms with Gasteiger partial charge in [0.05, 0.1) is 18.7 Å². The molecule has 1 aromatic rings. The quantitative estimate of drug-likeness (QED) is 0.529. The highest BCUT2D eigenvalue weighted by Crippen LogP contribution is 2.17. The minimum Gasteiger partial charge on any atom is -0.493 e. The van der Waals surface area contributed by atoms with Crippen molar-refractivity contribution >= 4 is 23.1 Å². The Morgan fingerprint density at radius 3 is 2.76 bits per heavy atom. The molecule has 0 aliphatic carbocycles. The molecule has 0 saturated carbocycles. The van der Waals surface area contributed by atoms with Gasteiger partial charge in [-0.25, -0.2) is 0 Å². The molecule has 6 heteroatoms. The lowest BCUT2D eigenvalue weighted by Gasteiger charge is -2.19. The van der Waals surface area contributed by atoms with Crippen molar-refractivity contribution in [3.63, 3.8) is 0 Å². The number of ether oxygens (including phenoxy) is 1. The maximum Gasteiger partial charge on any atom is 0.233 e. The molecule has 0 fully saturated rings. The van der Waals surface area contributed by atoms with Gasteiger partial charge >= 0.3 is 0 Å². The summed E-state index contributed by atoms with van der Waals surface area (Å²) in [5.74, 6) is 0.732. The van der Waals surface area contributed by atoms with Gasteiger partial charge in [-0.05, 0) is 25.1 Å². The standard InChI is InChI=1S/C15H23N3O2S/c1-3-18(11-14(19)17-2)9-6-10-20-13-8-5-4-7-12(13)15(16)21/h4-5,7-8H,3,6,9-11H2,1-2H3,(H2,16,21)(H,17,19). The molecule has 1 rings (SSSR count). The molecule has 1 aromatic carbocycles. The highest BCUT2D eigenvalue weighted by Gasteiger charge is 2.08. The fraction of sp³-hybridized carbons (Fsp3) is 0.467. The smallest absolute Gasteiger partial charge is 0.233 e. The van der Waals surface area contributed by atoms with Gasteiger partial charge in [-0.15, -0.1) is 0 Å². The Morgan fingerprint density at radius 1 is 1.43 bits per heavy atom. The number of hydrogen-bond donors (Lipinski definition) is 2. The van der Waals surface area contributed by atoms with E-state index in [0.29, 0.717) is 23.9 Å². The average molecular weight is 309 g/mol. The number of nitrogens with zero attached hydrogens (tertiary/aromatic N) is 1. The second kappa shape index (κ2) is 9.31. The van der Waals surface area contributed by atoms with Gasteiger partial charge in [0.15, 0.2) is 0 Å². The molecule has 0 radical (unpaired) electrons. The fourth-order valence-corrected chi connectivity index (χ4v) is 2.07. The van der Waals surface area contributed by atoms with Gasteiger partial charge in [0, 0.05) is 13.6 Å². The number of nitrogens with two attached hydrogens (primary N) is 1. The Morgan fingerprint density at radius 2 is 2.14 bits per heavy atom. The van der Waals surface area contributed by atoms with Crippen LogP contribution in [0, 0.1) is 0 Å². The van der Waals surface area contributed by atoms with E-state index in [1.54, 1.807) is 7.05 Å². The van der Waals surface area contributed by atoms with Crippen molar-refractivity contribution < 1.29 is 9.53 Å². The lowest BCUT2D eigenvalue weighted by atomic mass is 10.2. The maximum atomic E-state index is 11.3. The van der Waals surface area contributed by atoms with Crippen LogP contribution in [0.1, 0.15) is 18.9 Å². The van der Waals surface area contributed by atoms with Gasteiger partial charge in [-0.1, -0.05) is 31.3 Å². The van der Waals surface area contributed by atoms with Gasteiger partial charge in [0.1, 0.15) is 10.7 Å². The third-order valence-electron chi connectivity index (χ3n) is 3.12. The first kappa shape index (κ1) is 17.4. The molecule has 116 valence electrons. The predicted octanol–water partition coefficient (Wildman–Crippen LogP) is 1.16. The van der Waals surface area contributed by atoms with Crippen molar-refractivity contribution in [2.24, 2.45) is 5.73 Å². The van der Waals surface area contributed by atoms with Crippen LogP contribution in [0.4, 0.5) is 0 Å². The summed E-state index contributed by atoms with van der Waals surface area (Å²) in [6.07, 6.45) is 0.830. The molecule has 0 aliphatic heterocycles. The van der Waals surface area contributed by atoms with Gasteiger partial charge < -0.3 is 15.8 Å². The summed E-state index contributed by atoms with van der Waals surface area (Å²) in [5, 5.41) is 2.63. The first-order valence-corrected chi connectivity index (χ1v) is 7.43. The molecule has 0 atom stereocenters. The van der Waals surface area contributed by atoms with Crippen molar-refractivity contribution in [2.75, 3.05) is 33.3 Å². The summed E-state index contributed by atoms with van der Waals surface area (Å²) in [6.45, 7) is 4.64. The van der Waals surface area contributed by atoms with E-state index in [1.165, 1.54) is 0 Å². The molecule has 0 saturated heterocycles. The van der Waals surface area contributed by atoms with Crippen molar-refractivity contribution in [2.45, 2.75) is 13.3 Å². The second-order valence-electron chi connectivity index (χ2n) is 4.60. The Bertz CT molecular complexity index is 480. The largest absolute Gasteiger partial charge is 0.493 e. The summed E-state index contributed by atoms with van der Waals surface area (Å²) in [5.41, 5.74) is 6.41. The summed E-state index contributed by atoms with van der Waals surface area (Å²) in [6, 6.07) is 7.47. The van der Waals surface area contributed by atoms with Gasteiger partial charge in [-0.3, -0.25) is 9.69 Å². The lowest BCUT2D eigenvalue weighted by molar-refractivity contribution is -0.121. The topological polar surface area (TPSA) is 67.6 Å². The van der Waals surface area contributed by atoms with E-state index in [9.17, 15) is 4.79 Å². The van der Waals surface area contributed by atoms with Gasteiger partial charge in [0.2, 0.25) is 5.91 Å². The number of thiocarbonyl (C=S) groups is 1. The van der Waals surface area contributed by atoms with E-state index >= 15 is 0 Å². The number of carbonyl (C=O) groups is 1. The van der Waals surface area contributed by atoms with E-state index in [0.717, 1.165) is 25.1 Å². The Labute approximate surface area is 131 Å². The number of para-hydroxylation sites is 1. The molecule has 0 aromatic heterocycles. The fourth-order valence-electron chi connectivity index (χ4n) is 1.90. The van der Waals surface area contributed by atoms with E-state index in [4.69, 9.17) is 22.7 Å². The maximum absolute atomic E-state index is 11.3. The van der Waals surface area contributed by atoms with E-state index in [1.807, 2.05) is 31.2 Å². The first-order chi connectivity index (χ1) is 10.1. The molecule has 5 nitrogen and oxygen atoms in total. The van der Waals surface area contributed by atoms with Crippen LogP contribution in [0.5, 0.6) is 5.75 Å². The Balaban J connectivity index is 2.40. The SMILES string of the molecule is CCN(CCCOc1ccccc1C(N)=S)CC(=O)NC. The molecule has 0 heterocycles. The molecule has 1 amide bonds. The van der Waals surface area contributed by atoms with Crippen LogP contribution in [-0.2, 0) is 4.79 Å². The molecule has 3 N–H and O–H groups in total. The van der Waals surface area contributed by atoms with Gasteiger partial charge in [0.25, 0.3) is 0 Å². The molecule has 0 spiro atoms. The summed E-state index contributed by atoms with van der Waals surface area (Å²) in [7, 11) is 1.64. The Hall–Kier alpha value is -1.66. The first-order valence-electron chi connectivity index (χ1n) is 7.03. The van der Waals surface area contributed by atoms with Crippen LogP contribution in [0.25, 0.3) is 0 Å². The number of amides is 1. The van der Waals surface area contributed by atoms with Crippen LogP contribution in [0.2, 0.25) is 0 Å². The molecular formula is C15H23N3O2S. The van der Waals surface area contributed by atoms with Crippen molar-refractivity contribution in [1.29, 1.82) is 0 Å². The van der Waals surface area contributed by atoms with Crippen LogP contribution < -0.4 is 15.8 Å². The molecule has 0 unspecified atom stereocenters. The van der Waals surface area contributed by atoms with Crippen LogP contribution in [-0.4, -0.2) is 49.1 Å². The molecule has 0 aliphatic rings. The van der Waals surface area contributed by atoms with E-state index in [-0.39, 0.29) is 5.91 Å². The summed E-state index contributed by atoms with van der Waals surface area (Å²) >= 11 is 4.99. The minimum absolute atomic E-state index is 0.0246. The number of likely N-dealkylation sites (N-methyl/N-ethyl adjacent to an activating group) is 2. The zero-order valence-corrected chi connectivity index (χ0v) is 13.4. The normalized spacial score (nSPS) is 10.4. The second-order valence-corrected chi connectivity index (χ2v) is 5.04. The van der Waals surface area contributed by atoms with Crippen molar-refractivity contribution in [3.05, 3.63) is 29.8 Å². The van der Waals surface area contributed by atoms with E-state index in [2.05, 4.69) is 10.2 Å². The molecule has 0 bridgehead atoms. The third kappa shape index (κ3) is 6.10. The van der Waals surface area contributed by atoms with Crippen LogP contribution in [0.3, 0.4) is 0 Å². The summed E-state index contributed by atoms with van der Waals surface area (Å²) < 4.78 is 5.73. The Kier molecular flexibility index (Phi) is 7.71. The molecular weight excluding hydrogens is 286 g/mol. The zero-order chi connectivity index (χ0) is 15.7. The van der Waals surface area contributed by atoms with Crippen molar-refractivity contribution in [1.82, 2.24) is 10.2 Å². The van der Waals surface area contributed by atoms with Gasteiger partial charge in [-0.2, -0.15) is 0 Å². The zero-order valence-electron chi connectivity index (χ0n) is 12.6. The highest BCUT2D eigenvalue weighted by molar-refractivity contribution is 7.80.